The zero-order valence-electron chi connectivity index (χ0n) is 15.5. The molecule has 5 rings (SSSR count). The molecule has 2 unspecified atom stereocenters. The van der Waals surface area contributed by atoms with Crippen LogP contribution in [0.15, 0.2) is 24.3 Å². The molecule has 0 aromatic heterocycles. The maximum atomic E-state index is 9.71. The number of epoxide rings is 2. The van der Waals surface area contributed by atoms with Crippen LogP contribution in [0.4, 0.5) is 0 Å². The van der Waals surface area contributed by atoms with Crippen LogP contribution in [-0.4, -0.2) is 43.7 Å². The summed E-state index contributed by atoms with van der Waals surface area (Å²) in [6.07, 6.45) is 6.44. The molecule has 2 heterocycles. The fourth-order valence-electron chi connectivity index (χ4n) is 3.86. The second kappa shape index (κ2) is 6.82. The molecule has 0 amide bonds. The number of benzene rings is 2. The quantitative estimate of drug-likeness (QED) is 0.601. The number of ether oxygens (including phenoxy) is 4. The van der Waals surface area contributed by atoms with Crippen LogP contribution in [0.3, 0.4) is 0 Å². The van der Waals surface area contributed by atoms with Gasteiger partial charge in [-0.2, -0.15) is 0 Å². The molecule has 0 spiro atoms. The van der Waals surface area contributed by atoms with Gasteiger partial charge < -0.3 is 24.1 Å². The zero-order chi connectivity index (χ0) is 18.4. The largest absolute Gasteiger partial charge is 0.490 e. The minimum atomic E-state index is 0.00501. The number of rotatable bonds is 7. The van der Waals surface area contributed by atoms with Gasteiger partial charge in [-0.15, -0.1) is 0 Å². The minimum Gasteiger partial charge on any atom is -0.490 e. The molecule has 1 aliphatic carbocycles. The number of hydrogen-bond donors (Lipinski definition) is 1. The summed E-state index contributed by atoms with van der Waals surface area (Å²) in [4.78, 5) is 0. The molecule has 2 aromatic carbocycles. The van der Waals surface area contributed by atoms with E-state index in [-0.39, 0.29) is 18.8 Å². The Morgan fingerprint density at radius 2 is 1.56 bits per heavy atom. The molecule has 2 fully saturated rings. The van der Waals surface area contributed by atoms with Gasteiger partial charge in [-0.3, -0.25) is 0 Å². The molecule has 2 saturated heterocycles. The Hall–Kier alpha value is -2.08. The fraction of sp³-hybridized carbons (Fsp3) is 0.455. The Kier molecular flexibility index (Phi) is 4.31. The third-order valence-corrected chi connectivity index (χ3v) is 5.40. The van der Waals surface area contributed by atoms with Gasteiger partial charge in [-0.25, -0.2) is 0 Å². The van der Waals surface area contributed by atoms with Crippen LogP contribution in [0.2, 0.25) is 0 Å². The van der Waals surface area contributed by atoms with E-state index >= 15 is 0 Å². The van der Waals surface area contributed by atoms with Crippen LogP contribution in [-0.2, 0) is 28.9 Å². The normalized spacial score (nSPS) is 22.6. The first kappa shape index (κ1) is 17.0. The van der Waals surface area contributed by atoms with Gasteiger partial charge in [0.15, 0.2) is 0 Å². The SMILES string of the molecule is Cc1cc(CO)cc2c(OCC3CO3)c3c(c(OCC4CO4)c12)CC=CC3. The van der Waals surface area contributed by atoms with Gasteiger partial charge in [-0.1, -0.05) is 18.2 Å². The number of aliphatic hydroxyl groups excluding tert-OH is 1. The molecular weight excluding hydrogens is 344 g/mol. The lowest BCUT2D eigenvalue weighted by Crippen LogP contribution is -2.13. The van der Waals surface area contributed by atoms with Gasteiger partial charge in [0.05, 0.1) is 19.8 Å². The van der Waals surface area contributed by atoms with Gasteiger partial charge in [-0.05, 0) is 37.0 Å². The lowest BCUT2D eigenvalue weighted by Gasteiger charge is -2.24. The Labute approximate surface area is 158 Å². The van der Waals surface area contributed by atoms with E-state index in [0.717, 1.165) is 59.5 Å². The van der Waals surface area contributed by atoms with Gasteiger partial charge >= 0.3 is 0 Å². The van der Waals surface area contributed by atoms with Crippen LogP contribution in [0.5, 0.6) is 11.5 Å². The zero-order valence-corrected chi connectivity index (χ0v) is 15.5. The van der Waals surface area contributed by atoms with E-state index in [4.69, 9.17) is 18.9 Å². The molecule has 142 valence electrons. The molecule has 5 heteroatoms. The molecule has 2 atom stereocenters. The molecule has 5 nitrogen and oxygen atoms in total. The Morgan fingerprint density at radius 3 is 2.15 bits per heavy atom. The van der Waals surface area contributed by atoms with Crippen molar-refractivity contribution in [1.29, 1.82) is 0 Å². The Balaban J connectivity index is 1.69. The van der Waals surface area contributed by atoms with Gasteiger partial charge in [0.25, 0.3) is 0 Å². The highest BCUT2D eigenvalue weighted by Gasteiger charge is 2.29. The van der Waals surface area contributed by atoms with Crippen molar-refractivity contribution < 1.29 is 24.1 Å². The van der Waals surface area contributed by atoms with Gasteiger partial charge in [0.1, 0.15) is 36.9 Å². The van der Waals surface area contributed by atoms with E-state index < -0.39 is 0 Å². The standard InChI is InChI=1S/C22H24O5/c1-13-6-14(8-23)7-19-20(13)22(27-12-16-10-25-16)18-5-3-2-4-17(18)21(19)26-11-15-9-24-15/h2-3,6-7,15-16,23H,4-5,8-12H2,1H3. The molecule has 0 saturated carbocycles. The number of hydrogen-bond acceptors (Lipinski definition) is 5. The van der Waals surface area contributed by atoms with Crippen LogP contribution < -0.4 is 9.47 Å². The summed E-state index contributed by atoms with van der Waals surface area (Å²) < 4.78 is 23.2. The predicted molar refractivity (Wildman–Crippen MR) is 102 cm³/mol. The summed E-state index contributed by atoms with van der Waals surface area (Å²) in [6, 6.07) is 4.06. The van der Waals surface area contributed by atoms with Crippen molar-refractivity contribution in [2.75, 3.05) is 26.4 Å². The predicted octanol–water partition coefficient (Wildman–Crippen LogP) is 2.85. The molecule has 27 heavy (non-hydrogen) atoms. The average Bonchev–Trinajstić information content (AvgIpc) is 3.59. The average molecular weight is 368 g/mol. The maximum absolute atomic E-state index is 9.71. The van der Waals surface area contributed by atoms with E-state index in [1.165, 1.54) is 11.1 Å². The lowest BCUT2D eigenvalue weighted by molar-refractivity contribution is 0.258. The van der Waals surface area contributed by atoms with E-state index in [2.05, 4.69) is 19.1 Å². The first-order valence-electron chi connectivity index (χ1n) is 9.60. The van der Waals surface area contributed by atoms with Crippen LogP contribution in [0, 0.1) is 6.92 Å². The second-order valence-electron chi connectivity index (χ2n) is 7.52. The summed E-state index contributed by atoms with van der Waals surface area (Å²) in [6.45, 7) is 4.75. The highest BCUT2D eigenvalue weighted by molar-refractivity contribution is 5.99. The van der Waals surface area contributed by atoms with Gasteiger partial charge in [0.2, 0.25) is 0 Å². The molecule has 2 aromatic rings. The molecular formula is C22H24O5. The van der Waals surface area contributed by atoms with Crippen molar-refractivity contribution in [2.45, 2.75) is 38.6 Å². The van der Waals surface area contributed by atoms with Crippen LogP contribution >= 0.6 is 0 Å². The fourth-order valence-corrected chi connectivity index (χ4v) is 3.86. The van der Waals surface area contributed by atoms with Crippen LogP contribution in [0.1, 0.15) is 22.3 Å². The number of aryl methyl sites for hydroxylation is 1. The first-order chi connectivity index (χ1) is 13.2. The van der Waals surface area contributed by atoms with E-state index in [1.54, 1.807) is 0 Å². The lowest BCUT2D eigenvalue weighted by atomic mass is 9.88. The highest BCUT2D eigenvalue weighted by Crippen LogP contribution is 2.45. The minimum absolute atomic E-state index is 0.00501. The van der Waals surface area contributed by atoms with E-state index in [0.29, 0.717) is 13.2 Å². The topological polar surface area (TPSA) is 63.8 Å². The monoisotopic (exact) mass is 368 g/mol. The van der Waals surface area contributed by atoms with Crippen molar-refractivity contribution in [3.05, 3.63) is 46.5 Å². The van der Waals surface area contributed by atoms with Crippen molar-refractivity contribution in [3.8, 4) is 11.5 Å². The van der Waals surface area contributed by atoms with Crippen molar-refractivity contribution in [2.24, 2.45) is 0 Å². The Morgan fingerprint density at radius 1 is 0.963 bits per heavy atom. The second-order valence-corrected chi connectivity index (χ2v) is 7.52. The molecule has 3 aliphatic rings. The molecule has 2 aliphatic heterocycles. The summed E-state index contributed by atoms with van der Waals surface area (Å²) in [5.41, 5.74) is 4.37. The van der Waals surface area contributed by atoms with E-state index in [1.807, 2.05) is 12.1 Å². The van der Waals surface area contributed by atoms with E-state index in [9.17, 15) is 5.11 Å². The van der Waals surface area contributed by atoms with Crippen molar-refractivity contribution in [3.63, 3.8) is 0 Å². The third kappa shape index (κ3) is 3.31. The number of fused-ring (bicyclic) bond motifs is 2. The third-order valence-electron chi connectivity index (χ3n) is 5.40. The summed E-state index contributed by atoms with van der Waals surface area (Å²) in [5.74, 6) is 1.85. The smallest absolute Gasteiger partial charge is 0.131 e. The summed E-state index contributed by atoms with van der Waals surface area (Å²) >= 11 is 0. The highest BCUT2D eigenvalue weighted by atomic mass is 16.6. The summed E-state index contributed by atoms with van der Waals surface area (Å²) in [5, 5.41) is 11.8. The molecule has 0 bridgehead atoms. The summed E-state index contributed by atoms with van der Waals surface area (Å²) in [7, 11) is 0. The Bertz CT molecular complexity index is 909. The van der Waals surface area contributed by atoms with Crippen molar-refractivity contribution in [1.82, 2.24) is 0 Å². The number of aliphatic hydroxyl groups is 1. The maximum Gasteiger partial charge on any atom is 0.131 e. The van der Waals surface area contributed by atoms with Crippen molar-refractivity contribution >= 4 is 10.8 Å². The van der Waals surface area contributed by atoms with Crippen LogP contribution in [0.25, 0.3) is 10.8 Å². The molecule has 0 radical (unpaired) electrons. The number of allylic oxidation sites excluding steroid dienone is 2. The van der Waals surface area contributed by atoms with Gasteiger partial charge in [0, 0.05) is 21.9 Å². The molecule has 1 N–H and O–H groups in total. The first-order valence-corrected chi connectivity index (χ1v) is 9.60.